The molecule has 1 fully saturated rings. The van der Waals surface area contributed by atoms with Gasteiger partial charge < -0.3 is 10.0 Å². The molecule has 18 heavy (non-hydrogen) atoms. The number of benzene rings is 1. The van der Waals surface area contributed by atoms with Gasteiger partial charge in [0.05, 0.1) is 5.92 Å². The SMILES string of the molecule is CN(CCc1cccc(F)c1)C1CC(C(=O)O)C1. The minimum absolute atomic E-state index is 0.174. The van der Waals surface area contributed by atoms with Crippen molar-refractivity contribution in [3.05, 3.63) is 35.6 Å². The van der Waals surface area contributed by atoms with Crippen molar-refractivity contribution in [3.63, 3.8) is 0 Å². The van der Waals surface area contributed by atoms with Crippen LogP contribution in [0.1, 0.15) is 18.4 Å². The zero-order valence-electron chi connectivity index (χ0n) is 10.5. The van der Waals surface area contributed by atoms with Crippen LogP contribution < -0.4 is 0 Å². The van der Waals surface area contributed by atoms with Crippen molar-refractivity contribution in [2.45, 2.75) is 25.3 Å². The molecule has 0 unspecified atom stereocenters. The van der Waals surface area contributed by atoms with Crippen LogP contribution in [0, 0.1) is 11.7 Å². The maximum Gasteiger partial charge on any atom is 0.306 e. The Hall–Kier alpha value is -1.42. The first-order valence-corrected chi connectivity index (χ1v) is 6.23. The normalized spacial score (nSPS) is 22.8. The summed E-state index contributed by atoms with van der Waals surface area (Å²) in [4.78, 5) is 12.9. The second kappa shape index (κ2) is 5.48. The molecule has 1 aromatic rings. The number of likely N-dealkylation sites (N-methyl/N-ethyl adjacent to an activating group) is 1. The standard InChI is InChI=1S/C14H18FNO2/c1-16(13-8-11(9-13)14(17)18)6-5-10-3-2-4-12(15)7-10/h2-4,7,11,13H,5-6,8-9H2,1H3,(H,17,18). The third kappa shape index (κ3) is 3.07. The summed E-state index contributed by atoms with van der Waals surface area (Å²) in [7, 11) is 2.00. The highest BCUT2D eigenvalue weighted by Gasteiger charge is 2.36. The van der Waals surface area contributed by atoms with Gasteiger partial charge in [0.15, 0.2) is 0 Å². The zero-order valence-corrected chi connectivity index (χ0v) is 10.5. The van der Waals surface area contributed by atoms with E-state index in [0.29, 0.717) is 6.04 Å². The zero-order chi connectivity index (χ0) is 13.1. The van der Waals surface area contributed by atoms with Crippen LogP contribution >= 0.6 is 0 Å². The van der Waals surface area contributed by atoms with Gasteiger partial charge in [0.1, 0.15) is 5.82 Å². The maximum atomic E-state index is 13.0. The van der Waals surface area contributed by atoms with Gasteiger partial charge in [-0.25, -0.2) is 4.39 Å². The molecule has 0 aliphatic heterocycles. The van der Waals surface area contributed by atoms with E-state index in [2.05, 4.69) is 4.90 Å². The predicted molar refractivity (Wildman–Crippen MR) is 66.9 cm³/mol. The number of carboxylic acids is 1. The van der Waals surface area contributed by atoms with Crippen molar-refractivity contribution in [1.82, 2.24) is 4.90 Å². The lowest BCUT2D eigenvalue weighted by atomic mass is 9.79. The third-order valence-corrected chi connectivity index (χ3v) is 3.73. The summed E-state index contributed by atoms with van der Waals surface area (Å²) >= 11 is 0. The molecule has 1 aliphatic carbocycles. The van der Waals surface area contributed by atoms with Crippen LogP contribution in [0.15, 0.2) is 24.3 Å². The molecule has 1 aromatic carbocycles. The molecule has 4 heteroatoms. The van der Waals surface area contributed by atoms with E-state index in [-0.39, 0.29) is 11.7 Å². The summed E-state index contributed by atoms with van der Waals surface area (Å²) in [6.45, 7) is 0.834. The first-order valence-electron chi connectivity index (χ1n) is 6.23. The number of halogens is 1. The minimum atomic E-state index is -0.690. The second-order valence-corrected chi connectivity index (χ2v) is 5.02. The minimum Gasteiger partial charge on any atom is -0.481 e. The molecular formula is C14H18FNO2. The smallest absolute Gasteiger partial charge is 0.306 e. The van der Waals surface area contributed by atoms with E-state index in [1.54, 1.807) is 12.1 Å². The maximum absolute atomic E-state index is 13.0. The molecule has 2 rings (SSSR count). The van der Waals surface area contributed by atoms with Crippen molar-refractivity contribution in [2.75, 3.05) is 13.6 Å². The van der Waals surface area contributed by atoms with Crippen LogP contribution in [0.25, 0.3) is 0 Å². The van der Waals surface area contributed by atoms with Gasteiger partial charge in [-0.05, 0) is 44.0 Å². The first kappa shape index (κ1) is 13.0. The molecule has 98 valence electrons. The van der Waals surface area contributed by atoms with Gasteiger partial charge >= 0.3 is 5.97 Å². The predicted octanol–water partition coefficient (Wildman–Crippen LogP) is 2.16. The molecule has 0 atom stereocenters. The molecule has 1 N–H and O–H groups in total. The van der Waals surface area contributed by atoms with Crippen molar-refractivity contribution in [3.8, 4) is 0 Å². The number of hydrogen-bond acceptors (Lipinski definition) is 2. The Morgan fingerprint density at radius 1 is 1.50 bits per heavy atom. The average Bonchev–Trinajstić information content (AvgIpc) is 2.24. The highest BCUT2D eigenvalue weighted by molar-refractivity contribution is 5.71. The van der Waals surface area contributed by atoms with Gasteiger partial charge in [-0.3, -0.25) is 4.79 Å². The van der Waals surface area contributed by atoms with Gasteiger partial charge in [0.25, 0.3) is 0 Å². The van der Waals surface area contributed by atoms with E-state index >= 15 is 0 Å². The summed E-state index contributed by atoms with van der Waals surface area (Å²) in [5, 5.41) is 8.81. The molecule has 0 saturated heterocycles. The number of carboxylic acid groups (broad SMARTS) is 1. The van der Waals surface area contributed by atoms with Crippen molar-refractivity contribution in [1.29, 1.82) is 0 Å². The fourth-order valence-electron chi connectivity index (χ4n) is 2.33. The van der Waals surface area contributed by atoms with Crippen LogP contribution in [0.2, 0.25) is 0 Å². The molecule has 1 aliphatic rings. The van der Waals surface area contributed by atoms with Crippen molar-refractivity contribution in [2.24, 2.45) is 5.92 Å². The second-order valence-electron chi connectivity index (χ2n) is 5.02. The van der Waals surface area contributed by atoms with Crippen LogP contribution in [-0.4, -0.2) is 35.6 Å². The fourth-order valence-corrected chi connectivity index (χ4v) is 2.33. The van der Waals surface area contributed by atoms with Crippen LogP contribution in [0.3, 0.4) is 0 Å². The molecule has 3 nitrogen and oxygen atoms in total. The Kier molecular flexibility index (Phi) is 3.97. The van der Waals surface area contributed by atoms with Crippen LogP contribution in [0.5, 0.6) is 0 Å². The number of carbonyl (C=O) groups is 1. The number of hydrogen-bond donors (Lipinski definition) is 1. The van der Waals surface area contributed by atoms with Gasteiger partial charge in [-0.15, -0.1) is 0 Å². The Morgan fingerprint density at radius 3 is 2.83 bits per heavy atom. The van der Waals surface area contributed by atoms with E-state index in [4.69, 9.17) is 5.11 Å². The molecular weight excluding hydrogens is 233 g/mol. The molecule has 1 saturated carbocycles. The van der Waals surface area contributed by atoms with E-state index in [1.165, 1.54) is 6.07 Å². The van der Waals surface area contributed by atoms with Crippen molar-refractivity contribution < 1.29 is 14.3 Å². The Balaban J connectivity index is 1.76. The summed E-state index contributed by atoms with van der Waals surface area (Å²) in [6, 6.07) is 6.98. The highest BCUT2D eigenvalue weighted by atomic mass is 19.1. The number of aliphatic carboxylic acids is 1. The Morgan fingerprint density at radius 2 is 2.22 bits per heavy atom. The monoisotopic (exact) mass is 251 g/mol. The quantitative estimate of drug-likeness (QED) is 0.871. The molecule has 0 aromatic heterocycles. The van der Waals surface area contributed by atoms with Crippen molar-refractivity contribution >= 4 is 5.97 Å². The summed E-state index contributed by atoms with van der Waals surface area (Å²) in [5.74, 6) is -1.07. The summed E-state index contributed by atoms with van der Waals surface area (Å²) in [5.41, 5.74) is 0.982. The molecule has 0 amide bonds. The van der Waals surface area contributed by atoms with E-state index in [0.717, 1.165) is 31.4 Å². The average molecular weight is 251 g/mol. The number of rotatable bonds is 5. The highest BCUT2D eigenvalue weighted by Crippen LogP contribution is 2.31. The van der Waals surface area contributed by atoms with E-state index in [9.17, 15) is 9.18 Å². The van der Waals surface area contributed by atoms with E-state index in [1.807, 2.05) is 13.1 Å². The van der Waals surface area contributed by atoms with Gasteiger partial charge in [0.2, 0.25) is 0 Å². The fraction of sp³-hybridized carbons (Fsp3) is 0.500. The number of nitrogens with zero attached hydrogens (tertiary/aromatic N) is 1. The summed E-state index contributed by atoms with van der Waals surface area (Å²) in [6.07, 6.45) is 2.26. The summed E-state index contributed by atoms with van der Waals surface area (Å²) < 4.78 is 13.0. The molecule has 0 spiro atoms. The van der Waals surface area contributed by atoms with E-state index < -0.39 is 5.97 Å². The molecule has 0 heterocycles. The van der Waals surface area contributed by atoms with Gasteiger partial charge in [-0.2, -0.15) is 0 Å². The van der Waals surface area contributed by atoms with Gasteiger partial charge in [-0.1, -0.05) is 12.1 Å². The van der Waals surface area contributed by atoms with Gasteiger partial charge in [0, 0.05) is 12.6 Å². The lowest BCUT2D eigenvalue weighted by Crippen LogP contribution is -2.45. The lowest BCUT2D eigenvalue weighted by molar-refractivity contribution is -0.146. The topological polar surface area (TPSA) is 40.5 Å². The molecule has 0 radical (unpaired) electrons. The van der Waals surface area contributed by atoms with Crippen LogP contribution in [0.4, 0.5) is 4.39 Å². The largest absolute Gasteiger partial charge is 0.481 e. The lowest BCUT2D eigenvalue weighted by Gasteiger charge is -2.39. The Bertz CT molecular complexity index is 430. The van der Waals surface area contributed by atoms with Crippen LogP contribution in [-0.2, 0) is 11.2 Å². The molecule has 0 bridgehead atoms. The third-order valence-electron chi connectivity index (χ3n) is 3.73. The first-order chi connectivity index (χ1) is 8.56. The Labute approximate surface area is 106 Å².